The second-order valence-electron chi connectivity index (χ2n) is 6.96. The van der Waals surface area contributed by atoms with Crippen molar-refractivity contribution < 1.29 is 60.6 Å². The maximum absolute atomic E-state index is 15.1. The Hall–Kier alpha value is -1.59. The van der Waals surface area contributed by atoms with E-state index in [4.69, 9.17) is 20.3 Å². The zero-order valence-electron chi connectivity index (χ0n) is 16.9. The van der Waals surface area contributed by atoms with Crippen molar-refractivity contribution in [3.63, 3.8) is 0 Å². The lowest BCUT2D eigenvalue weighted by atomic mass is 9.94. The topological polar surface area (TPSA) is 279 Å². The van der Waals surface area contributed by atoms with Gasteiger partial charge in [0.15, 0.2) is 23.6 Å². The normalized spacial score (nSPS) is 29.2. The highest BCUT2D eigenvalue weighted by Gasteiger charge is 2.56. The molecule has 1 fully saturated rings. The molecule has 3 heterocycles. The predicted molar refractivity (Wildman–Crippen MR) is 106 cm³/mol. The number of rotatable bonds is 9. The van der Waals surface area contributed by atoms with Gasteiger partial charge in [-0.25, -0.2) is 23.1 Å². The number of phosphoric ester groups is 1. The number of imidazole rings is 1. The van der Waals surface area contributed by atoms with E-state index in [0.29, 0.717) is 0 Å². The molecule has 0 spiro atoms. The van der Waals surface area contributed by atoms with E-state index < -0.39 is 59.7 Å². The number of nitrogen functional groups attached to an aromatic ring is 1. The number of alkyl halides is 1. The summed E-state index contributed by atoms with van der Waals surface area (Å²) in [6.07, 6.45) is -5.15. The molecule has 1 aliphatic rings. The Morgan fingerprint density at radius 2 is 1.91 bits per heavy atom. The highest BCUT2D eigenvalue weighted by atomic mass is 31.3. The fourth-order valence-corrected chi connectivity index (χ4v) is 6.25. The van der Waals surface area contributed by atoms with E-state index in [0.717, 1.165) is 10.9 Å². The van der Waals surface area contributed by atoms with Crippen LogP contribution in [0, 0.1) is 0 Å². The van der Waals surface area contributed by atoms with Crippen LogP contribution in [0.2, 0.25) is 0 Å². The van der Waals surface area contributed by atoms with Crippen LogP contribution in [-0.4, -0.2) is 68.7 Å². The smallest absolute Gasteiger partial charge is 0.387 e. The lowest BCUT2D eigenvalue weighted by Gasteiger charge is -2.30. The third-order valence-corrected chi connectivity index (χ3v) is 8.46. The first-order valence-electron chi connectivity index (χ1n) is 9.00. The van der Waals surface area contributed by atoms with E-state index in [9.17, 15) is 33.4 Å². The highest BCUT2D eigenvalue weighted by molar-refractivity contribution is 7.66. The Morgan fingerprint density at radius 1 is 1.26 bits per heavy atom. The number of hydrogen-bond acceptors (Lipinski definition) is 12. The number of phosphoric acid groups is 3. The summed E-state index contributed by atoms with van der Waals surface area (Å²) in [6.45, 7) is 0.277. The first-order valence-corrected chi connectivity index (χ1v) is 13.5. The van der Waals surface area contributed by atoms with Crippen LogP contribution >= 0.6 is 23.5 Å². The number of aliphatic hydroxyl groups excluding tert-OH is 1. The molecular weight excluding hydrogens is 534 g/mol. The number of aromatic amines is 1. The van der Waals surface area contributed by atoms with Crippen LogP contribution in [0.15, 0.2) is 11.1 Å². The van der Waals surface area contributed by atoms with Crippen molar-refractivity contribution in [2.45, 2.75) is 37.4 Å². The summed E-state index contributed by atoms with van der Waals surface area (Å²) < 4.78 is 67.5. The number of fused-ring (bicyclic) bond motifs is 1. The maximum atomic E-state index is 15.1. The minimum absolute atomic E-state index is 0.194. The summed E-state index contributed by atoms with van der Waals surface area (Å²) in [5.41, 5.74) is 2.30. The van der Waals surface area contributed by atoms with Gasteiger partial charge in [0.1, 0.15) is 11.7 Å². The predicted octanol–water partition coefficient (Wildman–Crippen LogP) is -0.578. The second-order valence-corrected chi connectivity index (χ2v) is 11.4. The third kappa shape index (κ3) is 5.62. The number of anilines is 1. The number of nitrogens with zero attached hydrogens (tertiary/aromatic N) is 3. The molecule has 0 amide bonds. The van der Waals surface area contributed by atoms with Crippen molar-refractivity contribution in [1.82, 2.24) is 19.5 Å². The van der Waals surface area contributed by atoms with Crippen LogP contribution in [0.3, 0.4) is 0 Å². The Bertz CT molecular complexity index is 1280. The quantitative estimate of drug-likeness (QED) is 0.191. The van der Waals surface area contributed by atoms with E-state index >= 15 is 4.39 Å². The molecule has 6 atom stereocenters. The van der Waals surface area contributed by atoms with Gasteiger partial charge in [0.25, 0.3) is 5.56 Å². The molecule has 34 heavy (non-hydrogen) atoms. The van der Waals surface area contributed by atoms with Gasteiger partial charge >= 0.3 is 23.5 Å². The number of ether oxygens (including phenoxy) is 1. The van der Waals surface area contributed by atoms with Gasteiger partial charge in [0.05, 0.1) is 12.9 Å². The molecule has 0 saturated carbocycles. The Balaban J connectivity index is 1.83. The molecule has 2 aromatic rings. The molecule has 8 N–H and O–H groups in total. The van der Waals surface area contributed by atoms with Gasteiger partial charge in [-0.3, -0.25) is 18.9 Å². The number of aromatic nitrogens is 4. The van der Waals surface area contributed by atoms with Crippen LogP contribution in [-0.2, 0) is 31.6 Å². The van der Waals surface area contributed by atoms with E-state index in [-0.39, 0.29) is 23.5 Å². The molecule has 0 radical (unpaired) electrons. The largest absolute Gasteiger partial charge is 0.490 e. The zero-order valence-corrected chi connectivity index (χ0v) is 19.5. The molecule has 22 heteroatoms. The molecule has 192 valence electrons. The zero-order chi connectivity index (χ0) is 25.7. The molecular formula is C12H19FN5O13P3. The fourth-order valence-electron chi connectivity index (χ4n) is 3.17. The molecule has 18 nitrogen and oxygen atoms in total. The highest BCUT2D eigenvalue weighted by Crippen LogP contribution is 2.66. The maximum Gasteiger partial charge on any atom is 0.490 e. The fraction of sp³-hybridized carbons (Fsp3) is 0.583. The number of nitrogens with one attached hydrogen (secondary N) is 1. The number of aliphatic hydroxyl groups is 1. The van der Waals surface area contributed by atoms with Crippen molar-refractivity contribution in [2.75, 3.05) is 12.3 Å². The van der Waals surface area contributed by atoms with Gasteiger partial charge in [-0.05, 0) is 6.42 Å². The standard InChI is InChI=1S/C12H19FN5O13P3/c1-2-12(3-28-33(24,25)31-34(26,27)30-32(21,22)23)7(19)5(13)10(29-12)18-4-15-6-8(18)16-11(14)17-9(6)20/h4-5,7,10,19H,2-3H2,1H3,(H,24,25)(H,26,27)(H2,21,22,23)(H3,14,16,17,20). The van der Waals surface area contributed by atoms with Crippen molar-refractivity contribution in [1.29, 1.82) is 0 Å². The molecule has 0 aliphatic carbocycles. The summed E-state index contributed by atoms with van der Waals surface area (Å²) in [7, 11) is -17.0. The van der Waals surface area contributed by atoms with E-state index in [2.05, 4.69) is 28.1 Å². The minimum atomic E-state index is -5.79. The molecule has 1 saturated heterocycles. The molecule has 3 rings (SSSR count). The van der Waals surface area contributed by atoms with Crippen molar-refractivity contribution in [2.24, 2.45) is 0 Å². The van der Waals surface area contributed by atoms with Crippen LogP contribution < -0.4 is 11.3 Å². The van der Waals surface area contributed by atoms with Crippen molar-refractivity contribution in [3.05, 3.63) is 16.7 Å². The summed E-state index contributed by atoms with van der Waals surface area (Å²) in [4.78, 5) is 57.8. The number of halogens is 1. The van der Waals surface area contributed by atoms with Gasteiger partial charge in [-0.2, -0.15) is 13.6 Å². The van der Waals surface area contributed by atoms with Crippen molar-refractivity contribution >= 4 is 40.6 Å². The molecule has 6 unspecified atom stereocenters. The van der Waals surface area contributed by atoms with E-state index in [1.165, 1.54) is 6.92 Å². The van der Waals surface area contributed by atoms with Crippen LogP contribution in [0.5, 0.6) is 0 Å². The molecule has 2 aromatic heterocycles. The van der Waals surface area contributed by atoms with E-state index in [1.807, 2.05) is 0 Å². The molecule has 0 bridgehead atoms. The lowest BCUT2D eigenvalue weighted by molar-refractivity contribution is -0.126. The Morgan fingerprint density at radius 3 is 2.50 bits per heavy atom. The van der Waals surface area contributed by atoms with Gasteiger partial charge in [-0.15, -0.1) is 0 Å². The first kappa shape index (κ1) is 27.0. The minimum Gasteiger partial charge on any atom is -0.387 e. The number of hydrogen-bond donors (Lipinski definition) is 7. The second kappa shape index (κ2) is 9.13. The summed E-state index contributed by atoms with van der Waals surface area (Å²) >= 11 is 0. The average Bonchev–Trinajstić information content (AvgIpc) is 3.18. The summed E-state index contributed by atoms with van der Waals surface area (Å²) in [5, 5.41) is 10.5. The molecule has 1 aliphatic heterocycles. The third-order valence-electron chi connectivity index (χ3n) is 4.68. The number of nitrogens with two attached hydrogens (primary N) is 1. The van der Waals surface area contributed by atoms with E-state index in [1.54, 1.807) is 0 Å². The Labute approximate surface area is 187 Å². The average molecular weight is 553 g/mol. The summed E-state index contributed by atoms with van der Waals surface area (Å²) in [5.74, 6) is -0.317. The SMILES string of the molecule is CCC1(COP(=O)(O)OP(=O)(O)OP(=O)(O)O)OC(n2cnc3c(=O)[nH]c(N)nc32)C(F)C1O. The first-order chi connectivity index (χ1) is 15.5. The van der Waals surface area contributed by atoms with Gasteiger partial charge < -0.3 is 35.2 Å². The lowest BCUT2D eigenvalue weighted by Crippen LogP contribution is -2.45. The summed E-state index contributed by atoms with van der Waals surface area (Å²) in [6, 6.07) is 0. The van der Waals surface area contributed by atoms with Gasteiger partial charge in [-0.1, -0.05) is 6.92 Å². The van der Waals surface area contributed by atoms with Crippen LogP contribution in [0.25, 0.3) is 11.2 Å². The van der Waals surface area contributed by atoms with Gasteiger partial charge in [0.2, 0.25) is 5.95 Å². The van der Waals surface area contributed by atoms with Crippen LogP contribution in [0.1, 0.15) is 19.6 Å². The Kier molecular flexibility index (Phi) is 7.25. The van der Waals surface area contributed by atoms with Gasteiger partial charge in [0, 0.05) is 0 Å². The molecule has 0 aromatic carbocycles. The van der Waals surface area contributed by atoms with Crippen molar-refractivity contribution in [3.8, 4) is 0 Å². The number of H-pyrrole nitrogens is 1. The monoisotopic (exact) mass is 553 g/mol. The van der Waals surface area contributed by atoms with Crippen LogP contribution in [0.4, 0.5) is 10.3 Å².